The Morgan fingerprint density at radius 3 is 3.00 bits per heavy atom. The summed E-state index contributed by atoms with van der Waals surface area (Å²) in [5.74, 6) is 0.414. The molecule has 0 aromatic carbocycles. The van der Waals surface area contributed by atoms with E-state index in [9.17, 15) is 4.79 Å². The molecule has 58 valence electrons. The third-order valence-corrected chi connectivity index (χ3v) is 1.82. The molecule has 3 heteroatoms. The molecule has 1 atom stereocenters. The first-order chi connectivity index (χ1) is 4.84. The molecule has 3 nitrogen and oxygen atoms in total. The number of ketones is 1. The molecule has 0 amide bonds. The largest absolute Gasteiger partial charge is 0.299 e. The molecule has 1 rings (SSSR count). The van der Waals surface area contributed by atoms with Gasteiger partial charge in [-0.05, 0) is 12.8 Å². The van der Waals surface area contributed by atoms with Gasteiger partial charge in [0.05, 0.1) is 13.7 Å². The average molecular weight is 144 g/mol. The summed E-state index contributed by atoms with van der Waals surface area (Å²) in [6.45, 7) is 0.426. The molecular formula is C7H12O3. The van der Waals surface area contributed by atoms with E-state index in [1.807, 2.05) is 0 Å². The van der Waals surface area contributed by atoms with Gasteiger partial charge in [-0.25, -0.2) is 9.78 Å². The third-order valence-electron chi connectivity index (χ3n) is 1.82. The van der Waals surface area contributed by atoms with E-state index in [1.165, 1.54) is 7.11 Å². The highest BCUT2D eigenvalue weighted by molar-refractivity contribution is 5.82. The zero-order chi connectivity index (χ0) is 7.40. The second-order valence-corrected chi connectivity index (χ2v) is 2.51. The minimum Gasteiger partial charge on any atom is -0.299 e. The van der Waals surface area contributed by atoms with Crippen molar-refractivity contribution >= 4 is 5.78 Å². The highest BCUT2D eigenvalue weighted by Gasteiger charge is 2.24. The molecule has 0 radical (unpaired) electrons. The van der Waals surface area contributed by atoms with Crippen LogP contribution in [0.1, 0.15) is 19.3 Å². The zero-order valence-electron chi connectivity index (χ0n) is 6.13. The van der Waals surface area contributed by atoms with Gasteiger partial charge in [-0.3, -0.25) is 4.79 Å². The number of rotatable bonds is 3. The van der Waals surface area contributed by atoms with Gasteiger partial charge in [0, 0.05) is 12.3 Å². The fourth-order valence-electron chi connectivity index (χ4n) is 1.21. The summed E-state index contributed by atoms with van der Waals surface area (Å²) in [4.78, 5) is 20.0. The molecule has 1 saturated carbocycles. The molecule has 0 aromatic heterocycles. The molecule has 0 bridgehead atoms. The molecule has 1 aliphatic rings. The predicted octanol–water partition coefficient (Wildman–Crippen LogP) is 0.934. The van der Waals surface area contributed by atoms with E-state index >= 15 is 0 Å². The maximum absolute atomic E-state index is 10.9. The third kappa shape index (κ3) is 1.78. The van der Waals surface area contributed by atoms with Gasteiger partial charge in [0.2, 0.25) is 0 Å². The van der Waals surface area contributed by atoms with Crippen LogP contribution in [-0.2, 0) is 14.6 Å². The second kappa shape index (κ2) is 3.68. The van der Waals surface area contributed by atoms with Crippen LogP contribution in [-0.4, -0.2) is 19.5 Å². The van der Waals surface area contributed by atoms with Crippen molar-refractivity contribution in [3.05, 3.63) is 0 Å². The van der Waals surface area contributed by atoms with Crippen molar-refractivity contribution in [2.75, 3.05) is 13.7 Å². The van der Waals surface area contributed by atoms with E-state index in [0.29, 0.717) is 12.4 Å². The van der Waals surface area contributed by atoms with Gasteiger partial charge >= 0.3 is 0 Å². The van der Waals surface area contributed by atoms with Crippen LogP contribution < -0.4 is 0 Å². The summed E-state index contributed by atoms with van der Waals surface area (Å²) < 4.78 is 0. The smallest absolute Gasteiger partial charge is 0.138 e. The fourth-order valence-corrected chi connectivity index (χ4v) is 1.21. The summed E-state index contributed by atoms with van der Waals surface area (Å²) in [7, 11) is 1.46. The van der Waals surface area contributed by atoms with Crippen LogP contribution in [0.15, 0.2) is 0 Å². The van der Waals surface area contributed by atoms with Crippen molar-refractivity contribution in [1.29, 1.82) is 0 Å². The minimum atomic E-state index is 0.0972. The van der Waals surface area contributed by atoms with E-state index in [2.05, 4.69) is 9.78 Å². The van der Waals surface area contributed by atoms with Gasteiger partial charge in [-0.1, -0.05) is 0 Å². The Morgan fingerprint density at radius 1 is 1.70 bits per heavy atom. The monoisotopic (exact) mass is 144 g/mol. The first kappa shape index (κ1) is 7.69. The van der Waals surface area contributed by atoms with E-state index in [4.69, 9.17) is 0 Å². The molecule has 0 spiro atoms. The Kier molecular flexibility index (Phi) is 2.83. The van der Waals surface area contributed by atoms with Crippen LogP contribution in [0.25, 0.3) is 0 Å². The van der Waals surface area contributed by atoms with Gasteiger partial charge in [0.25, 0.3) is 0 Å². The Bertz CT molecular complexity index is 122. The summed E-state index contributed by atoms with van der Waals surface area (Å²) in [5, 5.41) is 0. The van der Waals surface area contributed by atoms with Crippen LogP contribution in [0.4, 0.5) is 0 Å². The summed E-state index contributed by atoms with van der Waals surface area (Å²) in [6.07, 6.45) is 2.69. The first-order valence-corrected chi connectivity index (χ1v) is 3.53. The Balaban J connectivity index is 2.20. The van der Waals surface area contributed by atoms with Gasteiger partial charge in [0.15, 0.2) is 0 Å². The molecule has 0 aromatic rings. The van der Waals surface area contributed by atoms with Crippen molar-refractivity contribution in [3.8, 4) is 0 Å². The molecule has 0 N–H and O–H groups in total. The number of hydrogen-bond donors (Lipinski definition) is 0. The SMILES string of the molecule is COOCC1CCCC1=O. The molecule has 10 heavy (non-hydrogen) atoms. The summed E-state index contributed by atoms with van der Waals surface area (Å²) in [6, 6.07) is 0. The molecule has 1 fully saturated rings. The Hall–Kier alpha value is -0.410. The fraction of sp³-hybridized carbons (Fsp3) is 0.857. The molecular weight excluding hydrogens is 132 g/mol. The molecule has 0 saturated heterocycles. The summed E-state index contributed by atoms with van der Waals surface area (Å²) in [5.41, 5.74) is 0. The lowest BCUT2D eigenvalue weighted by Crippen LogP contribution is -2.13. The maximum Gasteiger partial charge on any atom is 0.138 e. The van der Waals surface area contributed by atoms with Crippen LogP contribution in [0.3, 0.4) is 0 Å². The van der Waals surface area contributed by atoms with E-state index < -0.39 is 0 Å². The van der Waals surface area contributed by atoms with Crippen molar-refractivity contribution in [3.63, 3.8) is 0 Å². The quantitative estimate of drug-likeness (QED) is 0.436. The highest BCUT2D eigenvalue weighted by Crippen LogP contribution is 2.21. The van der Waals surface area contributed by atoms with Gasteiger partial charge < -0.3 is 0 Å². The van der Waals surface area contributed by atoms with E-state index in [0.717, 1.165) is 19.3 Å². The van der Waals surface area contributed by atoms with Crippen molar-refractivity contribution < 1.29 is 14.6 Å². The lowest BCUT2D eigenvalue weighted by molar-refractivity contribution is -0.277. The van der Waals surface area contributed by atoms with Gasteiger partial charge in [-0.15, -0.1) is 0 Å². The number of carbonyl (C=O) groups is 1. The van der Waals surface area contributed by atoms with Crippen molar-refractivity contribution in [2.45, 2.75) is 19.3 Å². The highest BCUT2D eigenvalue weighted by atomic mass is 17.2. The topological polar surface area (TPSA) is 35.5 Å². The van der Waals surface area contributed by atoms with Gasteiger partial charge in [-0.2, -0.15) is 0 Å². The lowest BCUT2D eigenvalue weighted by Gasteiger charge is -2.04. The standard InChI is InChI=1S/C7H12O3/c1-9-10-5-6-3-2-4-7(6)8/h6H,2-5H2,1H3. The molecule has 1 aliphatic carbocycles. The molecule has 0 heterocycles. The zero-order valence-corrected chi connectivity index (χ0v) is 6.13. The Labute approximate surface area is 60.2 Å². The first-order valence-electron chi connectivity index (χ1n) is 3.53. The van der Waals surface area contributed by atoms with Crippen LogP contribution in [0.5, 0.6) is 0 Å². The van der Waals surface area contributed by atoms with E-state index in [-0.39, 0.29) is 5.92 Å². The average Bonchev–Trinajstić information content (AvgIpc) is 2.31. The number of Topliss-reactive ketones (excluding diaryl/α,β-unsaturated/α-hetero) is 1. The van der Waals surface area contributed by atoms with Crippen LogP contribution >= 0.6 is 0 Å². The Morgan fingerprint density at radius 2 is 2.50 bits per heavy atom. The summed E-state index contributed by atoms with van der Waals surface area (Å²) >= 11 is 0. The number of hydrogen-bond acceptors (Lipinski definition) is 3. The maximum atomic E-state index is 10.9. The molecule has 1 unspecified atom stereocenters. The lowest BCUT2D eigenvalue weighted by atomic mass is 10.1. The van der Waals surface area contributed by atoms with E-state index in [1.54, 1.807) is 0 Å². The van der Waals surface area contributed by atoms with Crippen LogP contribution in [0.2, 0.25) is 0 Å². The van der Waals surface area contributed by atoms with Crippen molar-refractivity contribution in [1.82, 2.24) is 0 Å². The minimum absolute atomic E-state index is 0.0972. The number of carbonyl (C=O) groups excluding carboxylic acids is 1. The normalized spacial score (nSPS) is 25.7. The van der Waals surface area contributed by atoms with Gasteiger partial charge in [0.1, 0.15) is 5.78 Å². The van der Waals surface area contributed by atoms with Crippen molar-refractivity contribution in [2.24, 2.45) is 5.92 Å². The molecule has 0 aliphatic heterocycles. The second-order valence-electron chi connectivity index (χ2n) is 2.51. The van der Waals surface area contributed by atoms with Crippen LogP contribution in [0, 0.1) is 5.92 Å². The predicted molar refractivity (Wildman–Crippen MR) is 35.3 cm³/mol.